The molecule has 2 aromatic carbocycles. The minimum Gasteiger partial charge on any atom is -0.334 e. The normalized spacial score (nSPS) is 11.7. The molecule has 0 aliphatic carbocycles. The molecule has 0 amide bonds. The molecule has 2 heterocycles. The topological polar surface area (TPSA) is 85.1 Å². The lowest BCUT2D eigenvalue weighted by Crippen LogP contribution is -2.22. The Morgan fingerprint density at radius 3 is 2.72 bits per heavy atom. The van der Waals surface area contributed by atoms with Gasteiger partial charge in [-0.15, -0.1) is 11.3 Å². The van der Waals surface area contributed by atoms with Crippen LogP contribution in [0.2, 0.25) is 0 Å². The highest BCUT2D eigenvalue weighted by atomic mass is 32.2. The third-order valence-electron chi connectivity index (χ3n) is 4.31. The van der Waals surface area contributed by atoms with Gasteiger partial charge in [-0.3, -0.25) is 0 Å². The fourth-order valence-corrected chi connectivity index (χ4v) is 4.91. The van der Waals surface area contributed by atoms with E-state index in [1.807, 2.05) is 31.2 Å². The minimum atomic E-state index is -3.68. The summed E-state index contributed by atoms with van der Waals surface area (Å²) in [6.45, 7) is 2.13. The van der Waals surface area contributed by atoms with Crippen LogP contribution in [-0.4, -0.2) is 18.6 Å². The molecular formula is C20H16FN3O3S2. The van der Waals surface area contributed by atoms with Crippen molar-refractivity contribution in [1.29, 1.82) is 0 Å². The third kappa shape index (κ3) is 4.26. The first-order valence-electron chi connectivity index (χ1n) is 8.65. The zero-order valence-electron chi connectivity index (χ0n) is 15.3. The summed E-state index contributed by atoms with van der Waals surface area (Å²) in [5.74, 6) is -0.00820. The number of rotatable bonds is 6. The maximum absolute atomic E-state index is 13.4. The first-order valence-corrected chi connectivity index (χ1v) is 11.0. The van der Waals surface area contributed by atoms with Gasteiger partial charge in [-0.25, -0.2) is 17.5 Å². The fourth-order valence-electron chi connectivity index (χ4n) is 2.71. The molecule has 0 fully saturated rings. The summed E-state index contributed by atoms with van der Waals surface area (Å²) in [7, 11) is -3.68. The Bertz CT molecular complexity index is 1270. The van der Waals surface area contributed by atoms with Crippen LogP contribution >= 0.6 is 11.3 Å². The van der Waals surface area contributed by atoms with Crippen LogP contribution in [0.5, 0.6) is 0 Å². The molecule has 1 N–H and O–H groups in total. The lowest BCUT2D eigenvalue weighted by atomic mass is 10.1. The average Bonchev–Trinajstić information content (AvgIpc) is 3.37. The van der Waals surface area contributed by atoms with Crippen molar-refractivity contribution in [3.05, 3.63) is 76.9 Å². The Morgan fingerprint density at radius 2 is 1.93 bits per heavy atom. The molecule has 0 aliphatic heterocycles. The number of hydrogen-bond acceptors (Lipinski definition) is 6. The van der Waals surface area contributed by atoms with Gasteiger partial charge >= 0.3 is 0 Å². The van der Waals surface area contributed by atoms with E-state index < -0.39 is 15.8 Å². The van der Waals surface area contributed by atoms with E-state index in [0.717, 1.165) is 22.5 Å². The summed E-state index contributed by atoms with van der Waals surface area (Å²) in [6.07, 6.45) is 0. The zero-order valence-corrected chi connectivity index (χ0v) is 16.9. The molecule has 2 aromatic heterocycles. The highest BCUT2D eigenvalue weighted by Crippen LogP contribution is 2.29. The summed E-state index contributed by atoms with van der Waals surface area (Å²) in [5, 5.41) is 5.48. The Morgan fingerprint density at radius 1 is 1.10 bits per heavy atom. The monoisotopic (exact) mass is 429 g/mol. The van der Waals surface area contributed by atoms with Crippen LogP contribution in [0, 0.1) is 12.7 Å². The van der Waals surface area contributed by atoms with Crippen molar-refractivity contribution in [2.75, 3.05) is 0 Å². The lowest BCUT2D eigenvalue weighted by molar-refractivity contribution is 0.432. The van der Waals surface area contributed by atoms with Gasteiger partial charge in [0, 0.05) is 17.5 Å². The molecule has 0 spiro atoms. The minimum absolute atomic E-state index is 0.145. The Balaban J connectivity index is 1.53. The van der Waals surface area contributed by atoms with E-state index in [-0.39, 0.29) is 22.5 Å². The molecule has 0 bridgehead atoms. The first kappa shape index (κ1) is 19.4. The van der Waals surface area contributed by atoms with Gasteiger partial charge in [-0.2, -0.15) is 4.98 Å². The highest BCUT2D eigenvalue weighted by Gasteiger charge is 2.20. The summed E-state index contributed by atoms with van der Waals surface area (Å²) in [5.41, 5.74) is 2.88. The van der Waals surface area contributed by atoms with Crippen LogP contribution < -0.4 is 4.72 Å². The summed E-state index contributed by atoms with van der Waals surface area (Å²) >= 11 is 1.06. The zero-order chi connectivity index (χ0) is 20.4. The predicted octanol–water partition coefficient (Wildman–Crippen LogP) is 4.39. The molecular weight excluding hydrogens is 413 g/mol. The molecule has 29 heavy (non-hydrogen) atoms. The number of thiophene rings is 1. The number of sulfonamides is 1. The SMILES string of the molecule is Cc1ccccc1CNS(=O)(=O)c1cc(-c2nc(-c3cccc(F)c3)no2)cs1. The standard InChI is InChI=1S/C20H16FN3O3S2/c1-13-5-2-3-6-15(13)11-22-29(25,26)18-10-16(12-28-18)20-23-19(24-27-20)14-7-4-8-17(21)9-14/h2-10,12,22H,11H2,1H3. The average molecular weight is 429 g/mol. The lowest BCUT2D eigenvalue weighted by Gasteiger charge is -2.07. The maximum atomic E-state index is 13.4. The second-order valence-corrected chi connectivity index (χ2v) is 9.24. The number of halogens is 1. The van der Waals surface area contributed by atoms with Crippen LogP contribution in [0.25, 0.3) is 22.8 Å². The summed E-state index contributed by atoms with van der Waals surface area (Å²) in [6, 6.07) is 14.9. The number of benzene rings is 2. The van der Waals surface area contributed by atoms with Crippen molar-refractivity contribution < 1.29 is 17.3 Å². The second-order valence-electron chi connectivity index (χ2n) is 6.34. The molecule has 0 saturated heterocycles. The van der Waals surface area contributed by atoms with Crippen molar-refractivity contribution in [2.45, 2.75) is 17.7 Å². The molecule has 6 nitrogen and oxygen atoms in total. The molecule has 148 valence electrons. The van der Waals surface area contributed by atoms with Crippen LogP contribution in [0.3, 0.4) is 0 Å². The van der Waals surface area contributed by atoms with E-state index in [4.69, 9.17) is 4.52 Å². The highest BCUT2D eigenvalue weighted by molar-refractivity contribution is 7.91. The van der Waals surface area contributed by atoms with Crippen molar-refractivity contribution in [3.63, 3.8) is 0 Å². The number of aromatic nitrogens is 2. The van der Waals surface area contributed by atoms with Crippen LogP contribution in [0.15, 0.2) is 68.7 Å². The first-order chi connectivity index (χ1) is 13.9. The predicted molar refractivity (Wildman–Crippen MR) is 108 cm³/mol. The Hall–Kier alpha value is -2.88. The van der Waals surface area contributed by atoms with E-state index in [1.165, 1.54) is 18.2 Å². The molecule has 4 aromatic rings. The Kier molecular flexibility index (Phi) is 5.27. The van der Waals surface area contributed by atoms with Crippen LogP contribution in [-0.2, 0) is 16.6 Å². The van der Waals surface area contributed by atoms with Crippen molar-refractivity contribution >= 4 is 21.4 Å². The summed E-state index contributed by atoms with van der Waals surface area (Å²) < 4.78 is 46.6. The Labute approximate surface area is 171 Å². The molecule has 0 atom stereocenters. The van der Waals surface area contributed by atoms with Gasteiger partial charge in [0.15, 0.2) is 0 Å². The number of nitrogens with one attached hydrogen (secondary N) is 1. The van der Waals surface area contributed by atoms with E-state index in [0.29, 0.717) is 11.1 Å². The van der Waals surface area contributed by atoms with E-state index in [2.05, 4.69) is 14.9 Å². The number of aryl methyl sites for hydroxylation is 1. The molecule has 0 radical (unpaired) electrons. The van der Waals surface area contributed by atoms with Crippen LogP contribution in [0.4, 0.5) is 4.39 Å². The van der Waals surface area contributed by atoms with Gasteiger partial charge in [0.05, 0.1) is 5.56 Å². The van der Waals surface area contributed by atoms with Crippen LogP contribution in [0.1, 0.15) is 11.1 Å². The van der Waals surface area contributed by atoms with Crippen molar-refractivity contribution in [3.8, 4) is 22.8 Å². The molecule has 0 saturated carbocycles. The molecule has 9 heteroatoms. The van der Waals surface area contributed by atoms with E-state index >= 15 is 0 Å². The second kappa shape index (κ2) is 7.86. The van der Waals surface area contributed by atoms with E-state index in [1.54, 1.807) is 17.5 Å². The maximum Gasteiger partial charge on any atom is 0.259 e. The number of nitrogens with zero attached hydrogens (tertiary/aromatic N) is 2. The molecule has 0 unspecified atom stereocenters. The van der Waals surface area contributed by atoms with E-state index in [9.17, 15) is 12.8 Å². The van der Waals surface area contributed by atoms with Crippen molar-refractivity contribution in [2.24, 2.45) is 0 Å². The smallest absolute Gasteiger partial charge is 0.259 e. The van der Waals surface area contributed by atoms with Gasteiger partial charge in [0.25, 0.3) is 5.89 Å². The summed E-state index contributed by atoms with van der Waals surface area (Å²) in [4.78, 5) is 4.24. The largest absolute Gasteiger partial charge is 0.334 e. The van der Waals surface area contributed by atoms with Crippen molar-refractivity contribution in [1.82, 2.24) is 14.9 Å². The quantitative estimate of drug-likeness (QED) is 0.491. The molecule has 0 aliphatic rings. The van der Waals surface area contributed by atoms with Gasteiger partial charge in [0.2, 0.25) is 15.8 Å². The molecule has 4 rings (SSSR count). The number of hydrogen-bond donors (Lipinski definition) is 1. The van der Waals surface area contributed by atoms with Gasteiger partial charge < -0.3 is 4.52 Å². The fraction of sp³-hybridized carbons (Fsp3) is 0.100. The van der Waals surface area contributed by atoms with Gasteiger partial charge in [-0.05, 0) is 36.2 Å². The van der Waals surface area contributed by atoms with Gasteiger partial charge in [0.1, 0.15) is 10.0 Å². The third-order valence-corrected chi connectivity index (χ3v) is 7.15. The van der Waals surface area contributed by atoms with Gasteiger partial charge in [-0.1, -0.05) is 41.6 Å².